The highest BCUT2D eigenvalue weighted by Gasteiger charge is 2.18. The number of aromatic nitrogens is 1. The first-order valence-corrected chi connectivity index (χ1v) is 8.79. The van der Waals surface area contributed by atoms with Gasteiger partial charge in [0.05, 0.1) is 14.2 Å². The molecule has 0 saturated carbocycles. The number of pyridine rings is 1. The zero-order chi connectivity index (χ0) is 18.5. The third-order valence-electron chi connectivity index (χ3n) is 4.64. The fraction of sp³-hybridized carbons (Fsp3) is 0.400. The van der Waals surface area contributed by atoms with E-state index in [1.807, 2.05) is 24.3 Å². The lowest BCUT2D eigenvalue weighted by molar-refractivity contribution is 0.0785. The molecule has 0 aliphatic carbocycles. The first kappa shape index (κ1) is 18.0. The predicted molar refractivity (Wildman–Crippen MR) is 101 cm³/mol. The summed E-state index contributed by atoms with van der Waals surface area (Å²) >= 11 is 0. The Bertz CT molecular complexity index is 773. The largest absolute Gasteiger partial charge is 0.493 e. The van der Waals surface area contributed by atoms with Crippen LogP contribution in [0.4, 0.5) is 5.82 Å². The molecular formula is C20H25N3O3. The minimum Gasteiger partial charge on any atom is -0.493 e. The van der Waals surface area contributed by atoms with Gasteiger partial charge in [0.25, 0.3) is 5.91 Å². The van der Waals surface area contributed by atoms with Crippen molar-refractivity contribution in [2.75, 3.05) is 39.3 Å². The number of rotatable bonds is 6. The molecule has 2 aromatic rings. The Morgan fingerprint density at radius 2 is 1.85 bits per heavy atom. The van der Waals surface area contributed by atoms with Gasteiger partial charge in [-0.3, -0.25) is 4.79 Å². The topological polar surface area (TPSA) is 54.9 Å². The van der Waals surface area contributed by atoms with Crippen molar-refractivity contribution in [2.24, 2.45) is 0 Å². The summed E-state index contributed by atoms with van der Waals surface area (Å²) in [4.78, 5) is 21.2. The molecule has 6 heteroatoms. The van der Waals surface area contributed by atoms with Gasteiger partial charge in [-0.1, -0.05) is 6.07 Å². The van der Waals surface area contributed by atoms with Gasteiger partial charge >= 0.3 is 0 Å². The molecule has 1 aliphatic heterocycles. The van der Waals surface area contributed by atoms with E-state index in [-0.39, 0.29) is 5.91 Å². The molecule has 0 atom stereocenters. The minimum absolute atomic E-state index is 0.0253. The molecule has 0 radical (unpaired) electrons. The molecule has 1 aromatic heterocycles. The maximum atomic E-state index is 12.8. The van der Waals surface area contributed by atoms with Crippen LogP contribution >= 0.6 is 0 Å². The predicted octanol–water partition coefficient (Wildman–Crippen LogP) is 2.97. The van der Waals surface area contributed by atoms with E-state index in [2.05, 4.69) is 9.88 Å². The lowest BCUT2D eigenvalue weighted by Crippen LogP contribution is -2.27. The Morgan fingerprint density at radius 1 is 1.12 bits per heavy atom. The van der Waals surface area contributed by atoms with Gasteiger partial charge in [0, 0.05) is 38.4 Å². The van der Waals surface area contributed by atoms with Crippen LogP contribution in [0.5, 0.6) is 11.5 Å². The lowest BCUT2D eigenvalue weighted by atomic mass is 10.1. The molecular weight excluding hydrogens is 330 g/mol. The fourth-order valence-corrected chi connectivity index (χ4v) is 3.22. The van der Waals surface area contributed by atoms with Gasteiger partial charge in [-0.05, 0) is 42.7 Å². The molecule has 138 valence electrons. The minimum atomic E-state index is -0.0253. The lowest BCUT2D eigenvalue weighted by Gasteiger charge is -2.20. The number of hydrogen-bond donors (Lipinski definition) is 0. The zero-order valence-electron chi connectivity index (χ0n) is 15.6. The van der Waals surface area contributed by atoms with Crippen LogP contribution in [0, 0.1) is 0 Å². The second kappa shape index (κ2) is 8.08. The second-order valence-electron chi connectivity index (χ2n) is 6.45. The van der Waals surface area contributed by atoms with E-state index >= 15 is 0 Å². The molecule has 1 fully saturated rings. The zero-order valence-corrected chi connectivity index (χ0v) is 15.6. The Balaban J connectivity index is 1.72. The fourth-order valence-electron chi connectivity index (χ4n) is 3.22. The molecule has 1 saturated heterocycles. The van der Waals surface area contributed by atoms with E-state index in [0.29, 0.717) is 23.6 Å². The average Bonchev–Trinajstić information content (AvgIpc) is 3.22. The van der Waals surface area contributed by atoms with Crippen LogP contribution in [0.25, 0.3) is 0 Å². The number of hydrogen-bond acceptors (Lipinski definition) is 5. The van der Waals surface area contributed by atoms with Gasteiger partial charge < -0.3 is 19.3 Å². The van der Waals surface area contributed by atoms with Crippen LogP contribution in [0.1, 0.15) is 28.8 Å². The number of carbonyl (C=O) groups is 1. The molecule has 0 N–H and O–H groups in total. The number of anilines is 1. The summed E-state index contributed by atoms with van der Waals surface area (Å²) in [5.41, 5.74) is 1.64. The van der Waals surface area contributed by atoms with Crippen molar-refractivity contribution >= 4 is 11.7 Å². The Kier molecular flexibility index (Phi) is 5.61. The first-order valence-electron chi connectivity index (χ1n) is 8.79. The van der Waals surface area contributed by atoms with Gasteiger partial charge in [0.2, 0.25) is 0 Å². The monoisotopic (exact) mass is 355 g/mol. The van der Waals surface area contributed by atoms with Crippen LogP contribution < -0.4 is 14.4 Å². The standard InChI is InChI=1S/C20H25N3O3/c1-22(14-15-6-7-17(25-2)18(12-15)26-3)20(24)16-8-9-21-19(13-16)23-10-4-5-11-23/h6-9,12-13H,4-5,10-11,14H2,1-3H3. The molecule has 6 nitrogen and oxygen atoms in total. The number of benzene rings is 1. The van der Waals surface area contributed by atoms with Crippen molar-refractivity contribution in [1.29, 1.82) is 0 Å². The van der Waals surface area contributed by atoms with Crippen molar-refractivity contribution < 1.29 is 14.3 Å². The summed E-state index contributed by atoms with van der Waals surface area (Å²) in [5.74, 6) is 2.19. The maximum Gasteiger partial charge on any atom is 0.254 e. The molecule has 1 aliphatic rings. The van der Waals surface area contributed by atoms with Gasteiger partial charge in [-0.25, -0.2) is 4.98 Å². The summed E-state index contributed by atoms with van der Waals surface area (Å²) < 4.78 is 10.6. The summed E-state index contributed by atoms with van der Waals surface area (Å²) in [6.45, 7) is 2.50. The van der Waals surface area contributed by atoms with E-state index in [0.717, 1.165) is 24.5 Å². The molecule has 0 spiro atoms. The van der Waals surface area contributed by atoms with E-state index in [1.165, 1.54) is 12.8 Å². The number of methoxy groups -OCH3 is 2. The van der Waals surface area contributed by atoms with Gasteiger partial charge in [0.1, 0.15) is 5.82 Å². The van der Waals surface area contributed by atoms with Crippen LogP contribution in [0.3, 0.4) is 0 Å². The van der Waals surface area contributed by atoms with Crippen molar-refractivity contribution in [1.82, 2.24) is 9.88 Å². The number of ether oxygens (including phenoxy) is 2. The Labute approximate surface area is 154 Å². The van der Waals surface area contributed by atoms with Gasteiger partial charge in [0.15, 0.2) is 11.5 Å². The number of carbonyl (C=O) groups excluding carboxylic acids is 1. The number of amides is 1. The molecule has 0 bridgehead atoms. The highest BCUT2D eigenvalue weighted by atomic mass is 16.5. The van der Waals surface area contributed by atoms with Crippen LogP contribution in [-0.2, 0) is 6.54 Å². The summed E-state index contributed by atoms with van der Waals surface area (Å²) in [6, 6.07) is 9.34. The average molecular weight is 355 g/mol. The van der Waals surface area contributed by atoms with Gasteiger partial charge in [-0.15, -0.1) is 0 Å². The van der Waals surface area contributed by atoms with Gasteiger partial charge in [-0.2, -0.15) is 0 Å². The molecule has 0 unspecified atom stereocenters. The van der Waals surface area contributed by atoms with E-state index in [1.54, 1.807) is 38.4 Å². The highest BCUT2D eigenvalue weighted by Crippen LogP contribution is 2.28. The Hall–Kier alpha value is -2.76. The van der Waals surface area contributed by atoms with Crippen LogP contribution in [0.15, 0.2) is 36.5 Å². The highest BCUT2D eigenvalue weighted by molar-refractivity contribution is 5.94. The molecule has 26 heavy (non-hydrogen) atoms. The van der Waals surface area contributed by atoms with E-state index in [9.17, 15) is 4.79 Å². The summed E-state index contributed by atoms with van der Waals surface area (Å²) in [5, 5.41) is 0. The quantitative estimate of drug-likeness (QED) is 0.797. The van der Waals surface area contributed by atoms with Crippen LogP contribution in [-0.4, -0.2) is 50.1 Å². The molecule has 2 heterocycles. The van der Waals surface area contributed by atoms with E-state index < -0.39 is 0 Å². The number of nitrogens with zero attached hydrogens (tertiary/aromatic N) is 3. The maximum absolute atomic E-state index is 12.8. The van der Waals surface area contributed by atoms with Crippen molar-refractivity contribution in [3.8, 4) is 11.5 Å². The van der Waals surface area contributed by atoms with E-state index in [4.69, 9.17) is 9.47 Å². The molecule has 1 amide bonds. The smallest absolute Gasteiger partial charge is 0.254 e. The second-order valence-corrected chi connectivity index (χ2v) is 6.45. The van der Waals surface area contributed by atoms with Crippen molar-refractivity contribution in [3.63, 3.8) is 0 Å². The normalized spacial score (nSPS) is 13.6. The third kappa shape index (κ3) is 3.90. The first-order chi connectivity index (χ1) is 12.6. The van der Waals surface area contributed by atoms with Crippen LogP contribution in [0.2, 0.25) is 0 Å². The van der Waals surface area contributed by atoms with Crippen molar-refractivity contribution in [2.45, 2.75) is 19.4 Å². The summed E-state index contributed by atoms with van der Waals surface area (Å²) in [7, 11) is 5.01. The Morgan fingerprint density at radius 3 is 2.54 bits per heavy atom. The van der Waals surface area contributed by atoms with Crippen molar-refractivity contribution in [3.05, 3.63) is 47.7 Å². The summed E-state index contributed by atoms with van der Waals surface area (Å²) in [6.07, 6.45) is 4.07. The molecule has 1 aromatic carbocycles. The SMILES string of the molecule is COc1ccc(CN(C)C(=O)c2ccnc(N3CCCC3)c2)cc1OC. The third-order valence-corrected chi connectivity index (χ3v) is 4.64. The molecule has 3 rings (SSSR count).